The molecule has 2 aromatic carbocycles. The standard InChI is InChI=1S/C21H21NO3/c1-15-6-5-9-17(14-15)20(23)22-18-10-12-19(13-11-18)25-21(24)16-7-3-2-4-8-16/h2-3,5-6,9-14,16H,4,7-8H2,1H3,(H,22,23)/t16-/m1/s1. The van der Waals surface area contributed by atoms with Gasteiger partial charge >= 0.3 is 5.97 Å². The van der Waals surface area contributed by atoms with Crippen molar-refractivity contribution in [3.05, 3.63) is 71.8 Å². The van der Waals surface area contributed by atoms with Crippen LogP contribution in [0.2, 0.25) is 0 Å². The van der Waals surface area contributed by atoms with E-state index in [1.807, 2.05) is 31.2 Å². The number of allylic oxidation sites excluding steroid dienone is 2. The summed E-state index contributed by atoms with van der Waals surface area (Å²) in [5, 5.41) is 2.84. The highest BCUT2D eigenvalue weighted by Gasteiger charge is 2.20. The van der Waals surface area contributed by atoms with Crippen molar-refractivity contribution in [3.63, 3.8) is 0 Å². The summed E-state index contributed by atoms with van der Waals surface area (Å²) in [6.45, 7) is 1.95. The first-order valence-corrected chi connectivity index (χ1v) is 8.46. The van der Waals surface area contributed by atoms with E-state index in [2.05, 4.69) is 11.4 Å². The molecule has 128 valence electrons. The van der Waals surface area contributed by atoms with Crippen molar-refractivity contribution in [3.8, 4) is 5.75 Å². The Morgan fingerprint density at radius 3 is 2.56 bits per heavy atom. The highest BCUT2D eigenvalue weighted by molar-refractivity contribution is 6.04. The summed E-state index contributed by atoms with van der Waals surface area (Å²) in [6, 6.07) is 14.3. The van der Waals surface area contributed by atoms with Gasteiger partial charge in [-0.25, -0.2) is 0 Å². The van der Waals surface area contributed by atoms with Crippen molar-refractivity contribution in [2.75, 3.05) is 5.32 Å². The molecule has 2 aromatic rings. The zero-order valence-corrected chi connectivity index (χ0v) is 14.2. The zero-order valence-electron chi connectivity index (χ0n) is 14.2. The Morgan fingerprint density at radius 1 is 1.08 bits per heavy atom. The third kappa shape index (κ3) is 4.57. The first kappa shape index (κ1) is 17.0. The van der Waals surface area contributed by atoms with Gasteiger partial charge in [0, 0.05) is 11.3 Å². The first-order valence-electron chi connectivity index (χ1n) is 8.46. The van der Waals surface area contributed by atoms with Crippen molar-refractivity contribution in [1.29, 1.82) is 0 Å². The van der Waals surface area contributed by atoms with Crippen LogP contribution in [0.3, 0.4) is 0 Å². The van der Waals surface area contributed by atoms with Crippen LogP contribution in [0.5, 0.6) is 5.75 Å². The summed E-state index contributed by atoms with van der Waals surface area (Å²) in [5.74, 6) is 0.0714. The number of rotatable bonds is 4. The minimum atomic E-state index is -0.194. The second-order valence-corrected chi connectivity index (χ2v) is 6.25. The minimum Gasteiger partial charge on any atom is -0.426 e. The molecular weight excluding hydrogens is 314 g/mol. The zero-order chi connectivity index (χ0) is 17.6. The van der Waals surface area contributed by atoms with Crippen molar-refractivity contribution in [2.45, 2.75) is 26.2 Å². The Labute approximate surface area is 147 Å². The Balaban J connectivity index is 1.59. The lowest BCUT2D eigenvalue weighted by atomic mass is 9.95. The third-order valence-corrected chi connectivity index (χ3v) is 4.21. The summed E-state index contributed by atoms with van der Waals surface area (Å²) >= 11 is 0. The molecular formula is C21H21NO3. The van der Waals surface area contributed by atoms with E-state index in [-0.39, 0.29) is 17.8 Å². The maximum absolute atomic E-state index is 12.2. The minimum absolute atomic E-state index is 0.0642. The van der Waals surface area contributed by atoms with Gasteiger partial charge in [0.15, 0.2) is 0 Å². The molecule has 0 spiro atoms. The third-order valence-electron chi connectivity index (χ3n) is 4.21. The monoisotopic (exact) mass is 335 g/mol. The van der Waals surface area contributed by atoms with Gasteiger partial charge in [-0.2, -0.15) is 0 Å². The lowest BCUT2D eigenvalue weighted by Gasteiger charge is -2.16. The van der Waals surface area contributed by atoms with E-state index in [0.717, 1.165) is 24.8 Å². The van der Waals surface area contributed by atoms with Crippen LogP contribution in [0.15, 0.2) is 60.7 Å². The smallest absolute Gasteiger partial charge is 0.314 e. The lowest BCUT2D eigenvalue weighted by molar-refractivity contribution is -0.139. The van der Waals surface area contributed by atoms with Gasteiger partial charge in [-0.3, -0.25) is 9.59 Å². The summed E-state index contributed by atoms with van der Waals surface area (Å²) in [4.78, 5) is 24.4. The number of anilines is 1. The van der Waals surface area contributed by atoms with Gasteiger partial charge in [0.2, 0.25) is 0 Å². The van der Waals surface area contributed by atoms with Gasteiger partial charge in [0.25, 0.3) is 5.91 Å². The Hall–Kier alpha value is -2.88. The van der Waals surface area contributed by atoms with E-state index in [1.54, 1.807) is 30.3 Å². The molecule has 0 unspecified atom stereocenters. The number of aryl methyl sites for hydroxylation is 1. The van der Waals surface area contributed by atoms with E-state index in [0.29, 0.717) is 17.0 Å². The molecule has 1 aliphatic rings. The van der Waals surface area contributed by atoms with E-state index < -0.39 is 0 Å². The molecule has 0 bridgehead atoms. The fourth-order valence-corrected chi connectivity index (χ4v) is 2.80. The number of hydrogen-bond donors (Lipinski definition) is 1. The number of ether oxygens (including phenoxy) is 1. The number of esters is 1. The molecule has 1 atom stereocenters. The van der Waals surface area contributed by atoms with Crippen LogP contribution in [-0.2, 0) is 4.79 Å². The molecule has 0 saturated heterocycles. The summed E-state index contributed by atoms with van der Waals surface area (Å²) in [7, 11) is 0. The second-order valence-electron chi connectivity index (χ2n) is 6.25. The number of hydrogen-bond acceptors (Lipinski definition) is 3. The van der Waals surface area contributed by atoms with Gasteiger partial charge in [-0.15, -0.1) is 0 Å². The Morgan fingerprint density at radius 2 is 1.88 bits per heavy atom. The number of benzene rings is 2. The average molecular weight is 335 g/mol. The molecule has 0 heterocycles. The molecule has 1 N–H and O–H groups in total. The Bertz CT molecular complexity index is 793. The molecule has 0 aliphatic heterocycles. The molecule has 1 aliphatic carbocycles. The van der Waals surface area contributed by atoms with Crippen LogP contribution in [0.25, 0.3) is 0 Å². The van der Waals surface area contributed by atoms with Crippen LogP contribution in [0, 0.1) is 12.8 Å². The highest BCUT2D eigenvalue weighted by atomic mass is 16.5. The molecule has 3 rings (SSSR count). The molecule has 0 aromatic heterocycles. The second kappa shape index (κ2) is 7.79. The molecule has 1 amide bonds. The van der Waals surface area contributed by atoms with E-state index in [1.165, 1.54) is 0 Å². The quantitative estimate of drug-likeness (QED) is 0.508. The van der Waals surface area contributed by atoms with Crippen LogP contribution in [0.1, 0.15) is 35.2 Å². The number of carbonyl (C=O) groups is 2. The predicted octanol–water partition coefficient (Wildman–Crippen LogP) is 4.51. The van der Waals surface area contributed by atoms with Gasteiger partial charge in [0.1, 0.15) is 5.75 Å². The van der Waals surface area contributed by atoms with Crippen molar-refractivity contribution < 1.29 is 14.3 Å². The van der Waals surface area contributed by atoms with E-state index in [4.69, 9.17) is 4.74 Å². The van der Waals surface area contributed by atoms with E-state index >= 15 is 0 Å². The lowest BCUT2D eigenvalue weighted by Crippen LogP contribution is -2.21. The Kier molecular flexibility index (Phi) is 5.29. The van der Waals surface area contributed by atoms with Crippen molar-refractivity contribution >= 4 is 17.6 Å². The van der Waals surface area contributed by atoms with Gasteiger partial charge < -0.3 is 10.1 Å². The summed E-state index contributed by atoms with van der Waals surface area (Å²) in [5.41, 5.74) is 2.31. The molecule has 0 fully saturated rings. The number of amides is 1. The first-order chi connectivity index (χ1) is 12.1. The highest BCUT2D eigenvalue weighted by Crippen LogP contribution is 2.22. The summed E-state index contributed by atoms with van der Waals surface area (Å²) < 4.78 is 5.43. The van der Waals surface area contributed by atoms with Crippen LogP contribution in [-0.4, -0.2) is 11.9 Å². The predicted molar refractivity (Wildman–Crippen MR) is 97.7 cm³/mol. The van der Waals surface area contributed by atoms with Crippen LogP contribution >= 0.6 is 0 Å². The van der Waals surface area contributed by atoms with Crippen molar-refractivity contribution in [1.82, 2.24) is 0 Å². The normalized spacial score (nSPS) is 16.3. The fraction of sp³-hybridized carbons (Fsp3) is 0.238. The largest absolute Gasteiger partial charge is 0.426 e. The number of nitrogens with one attached hydrogen (secondary N) is 1. The molecule has 25 heavy (non-hydrogen) atoms. The fourth-order valence-electron chi connectivity index (χ4n) is 2.80. The topological polar surface area (TPSA) is 55.4 Å². The maximum atomic E-state index is 12.2. The van der Waals surface area contributed by atoms with Crippen molar-refractivity contribution in [2.24, 2.45) is 5.92 Å². The number of carbonyl (C=O) groups excluding carboxylic acids is 2. The maximum Gasteiger partial charge on any atom is 0.314 e. The summed E-state index contributed by atoms with van der Waals surface area (Å²) in [6.07, 6.45) is 6.61. The van der Waals surface area contributed by atoms with E-state index in [9.17, 15) is 9.59 Å². The van der Waals surface area contributed by atoms with Gasteiger partial charge in [-0.05, 0) is 62.6 Å². The van der Waals surface area contributed by atoms with Gasteiger partial charge in [-0.1, -0.05) is 29.8 Å². The van der Waals surface area contributed by atoms with Gasteiger partial charge in [0.05, 0.1) is 5.92 Å². The van der Waals surface area contributed by atoms with Crippen LogP contribution in [0.4, 0.5) is 5.69 Å². The van der Waals surface area contributed by atoms with Crippen LogP contribution < -0.4 is 10.1 Å². The molecule has 0 saturated carbocycles. The SMILES string of the molecule is Cc1cccc(C(=O)Nc2ccc(OC(=O)[C@@H]3CC=CCC3)cc2)c1. The molecule has 4 nitrogen and oxygen atoms in total. The average Bonchev–Trinajstić information content (AvgIpc) is 2.64. The molecule has 0 radical (unpaired) electrons. The molecule has 4 heteroatoms.